The number of rotatable bonds is 8. The Morgan fingerprint density at radius 3 is 2.37 bits per heavy atom. The third-order valence-electron chi connectivity index (χ3n) is 5.70. The van der Waals surface area contributed by atoms with Crippen LogP contribution in [-0.2, 0) is 25.5 Å². The van der Waals surface area contributed by atoms with Crippen LogP contribution >= 0.6 is 0 Å². The average molecular weight is 487 g/mol. The molecule has 1 aliphatic heterocycles. The van der Waals surface area contributed by atoms with Gasteiger partial charge in [-0.15, -0.1) is 0 Å². The number of hydrogen-bond acceptors (Lipinski definition) is 6. The van der Waals surface area contributed by atoms with Crippen molar-refractivity contribution < 1.29 is 28.9 Å². The number of nitrogens with zero attached hydrogens (tertiary/aromatic N) is 2. The smallest absolute Gasteiger partial charge is 0.356 e. The number of esters is 1. The molecule has 0 spiro atoms. The molecule has 0 saturated carbocycles. The van der Waals surface area contributed by atoms with Gasteiger partial charge in [0.25, 0.3) is 0 Å². The molecule has 8 heteroatoms. The molecule has 0 radical (unpaired) electrons. The molecule has 2 aromatic rings. The van der Waals surface area contributed by atoms with Crippen molar-refractivity contribution in [3.63, 3.8) is 0 Å². The topological polar surface area (TPSA) is 99.9 Å². The second-order valence-electron chi connectivity index (χ2n) is 10.8. The van der Waals surface area contributed by atoms with Crippen LogP contribution < -0.4 is 0 Å². The summed E-state index contributed by atoms with van der Waals surface area (Å²) in [6.07, 6.45) is 0.814. The van der Waals surface area contributed by atoms with Crippen molar-refractivity contribution in [2.75, 3.05) is 0 Å². The van der Waals surface area contributed by atoms with E-state index in [1.54, 1.807) is 0 Å². The van der Waals surface area contributed by atoms with Crippen molar-refractivity contribution in [2.24, 2.45) is 0 Å². The summed E-state index contributed by atoms with van der Waals surface area (Å²) in [5, 5.41) is 9.82. The number of imidazole rings is 1. The molecule has 2 atom stereocenters. The minimum absolute atomic E-state index is 0.0296. The zero-order valence-corrected chi connectivity index (χ0v) is 21.8. The van der Waals surface area contributed by atoms with Gasteiger partial charge in [-0.2, -0.15) is 0 Å². The van der Waals surface area contributed by atoms with E-state index in [0.717, 1.165) is 5.56 Å². The maximum absolute atomic E-state index is 12.4. The van der Waals surface area contributed by atoms with Crippen molar-refractivity contribution in [1.82, 2.24) is 9.55 Å². The molecule has 192 valence electrons. The lowest BCUT2D eigenvalue weighted by Gasteiger charge is -2.41. The molecule has 1 N–H and O–H groups in total. The van der Waals surface area contributed by atoms with E-state index in [1.165, 1.54) is 0 Å². The summed E-state index contributed by atoms with van der Waals surface area (Å²) in [6.45, 7) is 13.7. The van der Waals surface area contributed by atoms with Crippen LogP contribution in [-0.4, -0.2) is 50.2 Å². The van der Waals surface area contributed by atoms with Gasteiger partial charge in [0, 0.05) is 18.5 Å². The van der Waals surface area contributed by atoms with Gasteiger partial charge >= 0.3 is 11.9 Å². The number of benzene rings is 1. The van der Waals surface area contributed by atoms with Crippen molar-refractivity contribution in [2.45, 2.75) is 104 Å². The van der Waals surface area contributed by atoms with Gasteiger partial charge in [-0.3, -0.25) is 4.79 Å². The third kappa shape index (κ3) is 7.15. The number of carbonyl (C=O) groups is 2. The first-order chi connectivity index (χ1) is 16.3. The van der Waals surface area contributed by atoms with Crippen molar-refractivity contribution in [1.29, 1.82) is 0 Å². The molecular formula is C27H38N2O6. The van der Waals surface area contributed by atoms with Gasteiger partial charge < -0.3 is 23.9 Å². The number of carboxylic acids is 1. The summed E-state index contributed by atoms with van der Waals surface area (Å²) >= 11 is 0. The Kier molecular flexibility index (Phi) is 8.07. The van der Waals surface area contributed by atoms with Gasteiger partial charge in [0.2, 0.25) is 0 Å². The highest BCUT2D eigenvalue weighted by molar-refractivity contribution is 5.88. The highest BCUT2D eigenvalue weighted by Gasteiger charge is 2.37. The average Bonchev–Trinajstić information content (AvgIpc) is 3.10. The molecule has 2 heterocycles. The summed E-state index contributed by atoms with van der Waals surface area (Å²) in [5.74, 6) is -1.58. The van der Waals surface area contributed by atoms with Crippen molar-refractivity contribution >= 4 is 11.9 Å². The predicted octanol–water partition coefficient (Wildman–Crippen LogP) is 5.40. The van der Waals surface area contributed by atoms with E-state index in [1.807, 2.05) is 83.4 Å². The Bertz CT molecular complexity index is 1040. The fourth-order valence-corrected chi connectivity index (χ4v) is 4.61. The van der Waals surface area contributed by atoms with Crippen LogP contribution in [0.1, 0.15) is 89.8 Å². The number of carboxylic acid groups (broad SMARTS) is 1. The summed E-state index contributed by atoms with van der Waals surface area (Å²) in [5.41, 5.74) is 1.07. The highest BCUT2D eigenvalue weighted by atomic mass is 16.7. The molecule has 0 unspecified atom stereocenters. The van der Waals surface area contributed by atoms with E-state index in [-0.39, 0.29) is 36.2 Å². The van der Waals surface area contributed by atoms with E-state index in [0.29, 0.717) is 30.9 Å². The normalized spacial score (nSPS) is 20.1. The zero-order valence-electron chi connectivity index (χ0n) is 21.8. The minimum Gasteiger partial charge on any atom is -0.476 e. The number of aromatic carboxylic acids is 1. The molecule has 1 aromatic carbocycles. The van der Waals surface area contributed by atoms with E-state index >= 15 is 0 Å². The van der Waals surface area contributed by atoms with Gasteiger partial charge in [0.1, 0.15) is 11.4 Å². The summed E-state index contributed by atoms with van der Waals surface area (Å²) in [6, 6.07) is 9.60. The van der Waals surface area contributed by atoms with Gasteiger partial charge in [-0.05, 0) is 47.0 Å². The molecule has 1 saturated heterocycles. The summed E-state index contributed by atoms with van der Waals surface area (Å²) < 4.78 is 19.7. The van der Waals surface area contributed by atoms with Gasteiger partial charge in [-0.25, -0.2) is 9.78 Å². The molecule has 3 rings (SSSR count). The Balaban J connectivity index is 1.83. The van der Waals surface area contributed by atoms with Gasteiger partial charge in [0.15, 0.2) is 11.5 Å². The SMILES string of the molecule is CC(C)c1c(C(=O)O)nc(-c2ccccc2)n1CC[C@@H]1C[C@H](CC(=O)OC(C)(C)C)OC(C)(C)O1. The standard InChI is InChI=1S/C27H38N2O6/c1-17(2)23-22(25(31)32)28-24(18-11-9-8-10-12-18)29(23)14-13-19-15-20(34-27(6,7)33-19)16-21(30)35-26(3,4)5/h8-12,17,19-20H,13-16H2,1-7H3,(H,31,32)/t19-,20-/m1/s1. The molecule has 1 aliphatic rings. The minimum atomic E-state index is -1.04. The molecule has 0 amide bonds. The van der Waals surface area contributed by atoms with Crippen LogP contribution in [0.4, 0.5) is 0 Å². The Hall–Kier alpha value is -2.71. The molecule has 35 heavy (non-hydrogen) atoms. The quantitative estimate of drug-likeness (QED) is 0.498. The van der Waals surface area contributed by atoms with Crippen molar-refractivity contribution in [3.05, 3.63) is 41.7 Å². The Morgan fingerprint density at radius 1 is 1.17 bits per heavy atom. The van der Waals surface area contributed by atoms with E-state index in [2.05, 4.69) is 4.98 Å². The van der Waals surface area contributed by atoms with E-state index in [4.69, 9.17) is 14.2 Å². The molecule has 8 nitrogen and oxygen atoms in total. The van der Waals surface area contributed by atoms with Crippen LogP contribution in [0.2, 0.25) is 0 Å². The maximum atomic E-state index is 12.4. The molecule has 0 aliphatic carbocycles. The molecule has 1 aromatic heterocycles. The third-order valence-corrected chi connectivity index (χ3v) is 5.70. The van der Waals surface area contributed by atoms with Gasteiger partial charge in [-0.1, -0.05) is 44.2 Å². The van der Waals surface area contributed by atoms with Gasteiger partial charge in [0.05, 0.1) is 24.3 Å². The molecule has 1 fully saturated rings. The molecular weight excluding hydrogens is 448 g/mol. The van der Waals surface area contributed by atoms with E-state index < -0.39 is 17.4 Å². The first kappa shape index (κ1) is 26.9. The fraction of sp³-hybridized carbons (Fsp3) is 0.593. The van der Waals surface area contributed by atoms with Crippen LogP contribution in [0.15, 0.2) is 30.3 Å². The van der Waals surface area contributed by atoms with Crippen LogP contribution in [0, 0.1) is 0 Å². The second kappa shape index (κ2) is 10.5. The van der Waals surface area contributed by atoms with Crippen LogP contribution in [0.5, 0.6) is 0 Å². The van der Waals surface area contributed by atoms with Crippen molar-refractivity contribution in [3.8, 4) is 11.4 Å². The monoisotopic (exact) mass is 486 g/mol. The largest absolute Gasteiger partial charge is 0.476 e. The van der Waals surface area contributed by atoms with Crippen LogP contribution in [0.25, 0.3) is 11.4 Å². The fourth-order valence-electron chi connectivity index (χ4n) is 4.61. The lowest BCUT2D eigenvalue weighted by atomic mass is 10.0. The Labute approximate surface area is 207 Å². The lowest BCUT2D eigenvalue weighted by Crippen LogP contribution is -2.46. The summed E-state index contributed by atoms with van der Waals surface area (Å²) in [7, 11) is 0. The second-order valence-corrected chi connectivity index (χ2v) is 10.8. The predicted molar refractivity (Wildman–Crippen MR) is 132 cm³/mol. The van der Waals surface area contributed by atoms with Crippen LogP contribution in [0.3, 0.4) is 0 Å². The number of carbonyl (C=O) groups excluding carboxylic acids is 1. The summed E-state index contributed by atoms with van der Waals surface area (Å²) in [4.78, 5) is 28.9. The van der Waals surface area contributed by atoms with E-state index in [9.17, 15) is 14.7 Å². The number of aromatic nitrogens is 2. The maximum Gasteiger partial charge on any atom is 0.356 e. The number of ether oxygens (including phenoxy) is 3. The first-order valence-electron chi connectivity index (χ1n) is 12.2. The zero-order chi connectivity index (χ0) is 26.0. The first-order valence-corrected chi connectivity index (χ1v) is 12.2. The lowest BCUT2D eigenvalue weighted by molar-refractivity contribution is -0.301. The molecule has 0 bridgehead atoms. The highest BCUT2D eigenvalue weighted by Crippen LogP contribution is 2.33. The number of hydrogen-bond donors (Lipinski definition) is 1. The Morgan fingerprint density at radius 2 is 1.80 bits per heavy atom.